The summed E-state index contributed by atoms with van der Waals surface area (Å²) in [7, 11) is 0. The van der Waals surface area contributed by atoms with Gasteiger partial charge in [0.2, 0.25) is 0 Å². The maximum atomic E-state index is 12.4. The Kier molecular flexibility index (Phi) is 5.53. The van der Waals surface area contributed by atoms with Crippen LogP contribution in [0.4, 0.5) is 5.13 Å². The number of ether oxygens (including phenoxy) is 1. The van der Waals surface area contributed by atoms with E-state index < -0.39 is 0 Å². The van der Waals surface area contributed by atoms with Crippen LogP contribution in [0.1, 0.15) is 36.9 Å². The van der Waals surface area contributed by atoms with Gasteiger partial charge >= 0.3 is 0 Å². The normalized spacial score (nSPS) is 14.2. The van der Waals surface area contributed by atoms with E-state index in [0.717, 1.165) is 29.3 Å². The zero-order chi connectivity index (χ0) is 18.7. The first-order valence-electron chi connectivity index (χ1n) is 8.44. The van der Waals surface area contributed by atoms with E-state index in [1.54, 1.807) is 13.0 Å². The quantitative estimate of drug-likeness (QED) is 0.803. The Bertz CT molecular complexity index is 828. The van der Waals surface area contributed by atoms with Gasteiger partial charge in [0.25, 0.3) is 11.8 Å². The van der Waals surface area contributed by atoms with E-state index in [1.165, 1.54) is 11.3 Å². The Balaban J connectivity index is 1.64. The summed E-state index contributed by atoms with van der Waals surface area (Å²) in [5.74, 6) is -0.705. The van der Waals surface area contributed by atoms with Gasteiger partial charge in [0.05, 0.1) is 18.9 Å². The molecule has 0 bridgehead atoms. The van der Waals surface area contributed by atoms with Gasteiger partial charge in [-0.05, 0) is 32.4 Å². The monoisotopic (exact) mass is 374 g/mol. The van der Waals surface area contributed by atoms with Gasteiger partial charge in [-0.1, -0.05) is 29.0 Å². The van der Waals surface area contributed by atoms with Crippen molar-refractivity contribution in [2.24, 2.45) is 0 Å². The zero-order valence-electron chi connectivity index (χ0n) is 15.1. The van der Waals surface area contributed by atoms with E-state index in [0.29, 0.717) is 29.3 Å². The molecule has 138 valence electrons. The fourth-order valence-electron chi connectivity index (χ4n) is 2.79. The number of nitrogens with zero attached hydrogens (tertiary/aromatic N) is 2. The summed E-state index contributed by atoms with van der Waals surface area (Å²) in [6.07, 6.45) is 0. The molecule has 1 aromatic heterocycles. The number of thiazole rings is 1. The largest absolute Gasteiger partial charge is 0.378 e. The van der Waals surface area contributed by atoms with E-state index in [-0.39, 0.29) is 11.8 Å². The smallest absolute Gasteiger partial charge is 0.281 e. The molecular formula is C18H22N4O3S. The lowest BCUT2D eigenvalue weighted by molar-refractivity contribution is 0.0848. The molecule has 1 aliphatic heterocycles. The number of anilines is 1. The van der Waals surface area contributed by atoms with Crippen LogP contribution in [0, 0.1) is 20.8 Å². The Hall–Kier alpha value is -2.45. The molecule has 1 saturated heterocycles. The number of hydrogen-bond acceptors (Lipinski definition) is 6. The molecule has 2 N–H and O–H groups in total. The molecule has 7 nitrogen and oxygen atoms in total. The van der Waals surface area contributed by atoms with Crippen molar-refractivity contribution in [3.05, 3.63) is 45.5 Å². The molecule has 2 aromatic rings. The highest BCUT2D eigenvalue weighted by Crippen LogP contribution is 2.26. The molecule has 2 heterocycles. The number of hydrogen-bond donors (Lipinski definition) is 2. The highest BCUT2D eigenvalue weighted by molar-refractivity contribution is 7.17. The molecule has 8 heteroatoms. The molecule has 3 rings (SSSR count). The average Bonchev–Trinajstić information content (AvgIpc) is 3.02. The molecule has 0 unspecified atom stereocenters. The first-order valence-corrected chi connectivity index (χ1v) is 9.25. The van der Waals surface area contributed by atoms with Gasteiger partial charge in [-0.2, -0.15) is 0 Å². The van der Waals surface area contributed by atoms with Gasteiger partial charge in [-0.25, -0.2) is 4.98 Å². The molecule has 1 aromatic carbocycles. The lowest BCUT2D eigenvalue weighted by Crippen LogP contribution is -2.41. The molecule has 1 fully saturated rings. The van der Waals surface area contributed by atoms with Crippen LogP contribution in [0.25, 0.3) is 0 Å². The number of morpholine rings is 1. The minimum Gasteiger partial charge on any atom is -0.378 e. The number of carbonyl (C=O) groups is 2. The minimum atomic E-state index is -0.363. The average molecular weight is 374 g/mol. The summed E-state index contributed by atoms with van der Waals surface area (Å²) < 4.78 is 5.34. The first kappa shape index (κ1) is 18.3. The van der Waals surface area contributed by atoms with Gasteiger partial charge < -0.3 is 9.64 Å². The van der Waals surface area contributed by atoms with Gasteiger partial charge in [0.15, 0.2) is 5.13 Å². The molecule has 0 atom stereocenters. The number of nitrogens with one attached hydrogen (secondary N) is 2. The van der Waals surface area contributed by atoms with Crippen molar-refractivity contribution in [2.75, 3.05) is 31.2 Å². The van der Waals surface area contributed by atoms with Gasteiger partial charge in [0.1, 0.15) is 4.88 Å². The summed E-state index contributed by atoms with van der Waals surface area (Å²) in [5, 5.41) is 0.802. The Morgan fingerprint density at radius 2 is 1.81 bits per heavy atom. The number of aromatic nitrogens is 1. The fourth-order valence-corrected chi connectivity index (χ4v) is 3.80. The molecule has 0 aliphatic carbocycles. The van der Waals surface area contributed by atoms with Gasteiger partial charge in [-0.3, -0.25) is 20.4 Å². The molecule has 26 heavy (non-hydrogen) atoms. The second-order valence-corrected chi connectivity index (χ2v) is 7.21. The predicted molar refractivity (Wildman–Crippen MR) is 101 cm³/mol. The van der Waals surface area contributed by atoms with Crippen molar-refractivity contribution in [3.63, 3.8) is 0 Å². The number of hydrazine groups is 1. The molecule has 1 aliphatic rings. The number of rotatable bonds is 3. The SMILES string of the molecule is Cc1ccc(C(=O)NNC(=O)c2sc(N3CCOCC3)nc2C)c(C)c1. The molecule has 0 saturated carbocycles. The maximum absolute atomic E-state index is 12.4. The molecule has 0 radical (unpaired) electrons. The maximum Gasteiger partial charge on any atom is 0.281 e. The van der Waals surface area contributed by atoms with E-state index in [1.807, 2.05) is 26.0 Å². The highest BCUT2D eigenvalue weighted by Gasteiger charge is 2.21. The van der Waals surface area contributed by atoms with Crippen molar-refractivity contribution in [1.82, 2.24) is 15.8 Å². The fraction of sp³-hybridized carbons (Fsp3) is 0.389. The van der Waals surface area contributed by atoms with Gasteiger partial charge in [-0.15, -0.1) is 0 Å². The Labute approximate surface area is 156 Å². The lowest BCUT2D eigenvalue weighted by atomic mass is 10.1. The van der Waals surface area contributed by atoms with Gasteiger partial charge in [0, 0.05) is 18.7 Å². The number of carbonyl (C=O) groups excluding carboxylic acids is 2. The van der Waals surface area contributed by atoms with Crippen molar-refractivity contribution < 1.29 is 14.3 Å². The summed E-state index contributed by atoms with van der Waals surface area (Å²) >= 11 is 1.32. The van der Waals surface area contributed by atoms with E-state index in [9.17, 15) is 9.59 Å². The summed E-state index contributed by atoms with van der Waals surface area (Å²) in [6.45, 7) is 8.47. The third-order valence-electron chi connectivity index (χ3n) is 4.19. The highest BCUT2D eigenvalue weighted by atomic mass is 32.1. The topological polar surface area (TPSA) is 83.6 Å². The minimum absolute atomic E-state index is 0.341. The summed E-state index contributed by atoms with van der Waals surface area (Å²) in [6, 6.07) is 5.55. The Morgan fingerprint density at radius 1 is 1.12 bits per heavy atom. The van der Waals surface area contributed by atoms with Crippen LogP contribution in [0.5, 0.6) is 0 Å². The summed E-state index contributed by atoms with van der Waals surface area (Å²) in [5.41, 5.74) is 8.09. The van der Waals surface area contributed by atoms with Crippen LogP contribution in [0.3, 0.4) is 0 Å². The third kappa shape index (κ3) is 4.03. The van der Waals surface area contributed by atoms with Crippen LogP contribution in [-0.2, 0) is 4.74 Å². The first-order chi connectivity index (χ1) is 12.5. The van der Waals surface area contributed by atoms with Crippen molar-refractivity contribution in [3.8, 4) is 0 Å². The van der Waals surface area contributed by atoms with Crippen LogP contribution in [0.15, 0.2) is 18.2 Å². The van der Waals surface area contributed by atoms with Crippen LogP contribution < -0.4 is 15.8 Å². The van der Waals surface area contributed by atoms with Crippen molar-refractivity contribution in [2.45, 2.75) is 20.8 Å². The molecule has 2 amide bonds. The number of benzene rings is 1. The zero-order valence-corrected chi connectivity index (χ0v) is 15.9. The van der Waals surface area contributed by atoms with Crippen LogP contribution in [-0.4, -0.2) is 43.1 Å². The van der Waals surface area contributed by atoms with E-state index in [4.69, 9.17) is 4.74 Å². The second-order valence-electron chi connectivity index (χ2n) is 6.24. The predicted octanol–water partition coefficient (Wildman–Crippen LogP) is 1.98. The Morgan fingerprint density at radius 3 is 2.50 bits per heavy atom. The molecule has 0 spiro atoms. The third-order valence-corrected chi connectivity index (χ3v) is 5.41. The standard InChI is InChI=1S/C18H22N4O3S/c1-11-4-5-14(12(2)10-11)16(23)20-21-17(24)15-13(3)19-18(26-15)22-6-8-25-9-7-22/h4-5,10H,6-9H2,1-3H3,(H,20,23)(H,21,24). The van der Waals surface area contributed by atoms with E-state index in [2.05, 4.69) is 20.7 Å². The van der Waals surface area contributed by atoms with Crippen LogP contribution in [0.2, 0.25) is 0 Å². The molecular weight excluding hydrogens is 352 g/mol. The van der Waals surface area contributed by atoms with Crippen molar-refractivity contribution >= 4 is 28.3 Å². The van der Waals surface area contributed by atoms with E-state index >= 15 is 0 Å². The number of aryl methyl sites for hydroxylation is 3. The number of amides is 2. The van der Waals surface area contributed by atoms with Crippen LogP contribution >= 0.6 is 11.3 Å². The lowest BCUT2D eigenvalue weighted by Gasteiger charge is -2.25. The summed E-state index contributed by atoms with van der Waals surface area (Å²) in [4.78, 5) is 31.8. The van der Waals surface area contributed by atoms with Crippen molar-refractivity contribution in [1.29, 1.82) is 0 Å². The second kappa shape index (κ2) is 7.84.